The molecule has 0 saturated carbocycles. The Morgan fingerprint density at radius 1 is 1.40 bits per heavy atom. The molecule has 1 nitrogen and oxygen atoms in total. The van der Waals surface area contributed by atoms with E-state index in [1.165, 1.54) is 5.56 Å². The summed E-state index contributed by atoms with van der Waals surface area (Å²) in [6, 6.07) is 11.1. The molecule has 0 fully saturated rings. The summed E-state index contributed by atoms with van der Waals surface area (Å²) in [5, 5.41) is 3.41. The van der Waals surface area contributed by atoms with Crippen molar-refractivity contribution in [3.8, 4) is 0 Å². The molecular weight excluding hydrogens is 250 g/mol. The lowest BCUT2D eigenvalue weighted by Crippen LogP contribution is -2.27. The van der Waals surface area contributed by atoms with Crippen molar-refractivity contribution in [2.45, 2.75) is 25.8 Å². The van der Waals surface area contributed by atoms with Crippen LogP contribution >= 0.6 is 15.9 Å². The highest BCUT2D eigenvalue weighted by Gasteiger charge is 2.01. The van der Waals surface area contributed by atoms with E-state index in [4.69, 9.17) is 0 Å². The Bertz CT molecular complexity index is 295. The Balaban J connectivity index is 2.22. The van der Waals surface area contributed by atoms with Gasteiger partial charge in [-0.05, 0) is 25.3 Å². The second kappa shape index (κ2) is 6.81. The van der Waals surface area contributed by atoms with Gasteiger partial charge < -0.3 is 5.32 Å². The van der Waals surface area contributed by atoms with E-state index in [1.807, 2.05) is 0 Å². The van der Waals surface area contributed by atoms with Crippen LogP contribution in [0.1, 0.15) is 18.9 Å². The molecule has 2 heteroatoms. The SMILES string of the molecule is C=C(Br)CNC(C)CCc1ccccc1. The van der Waals surface area contributed by atoms with Crippen LogP contribution in [-0.4, -0.2) is 12.6 Å². The summed E-state index contributed by atoms with van der Waals surface area (Å²) in [5.74, 6) is 0. The Morgan fingerprint density at radius 2 is 2.07 bits per heavy atom. The minimum atomic E-state index is 0.527. The van der Waals surface area contributed by atoms with Gasteiger partial charge in [-0.1, -0.05) is 52.8 Å². The van der Waals surface area contributed by atoms with Crippen molar-refractivity contribution in [3.05, 3.63) is 47.0 Å². The Hall–Kier alpha value is -0.600. The molecule has 0 spiro atoms. The standard InChI is InChI=1S/C13H18BrN/c1-11(14)10-15-12(2)8-9-13-6-4-3-5-7-13/h3-7,12,15H,1,8-10H2,2H3. The Kier molecular flexibility index (Phi) is 5.66. The molecule has 1 N–H and O–H groups in total. The van der Waals surface area contributed by atoms with E-state index in [2.05, 4.69) is 65.1 Å². The molecule has 1 aromatic rings. The quantitative estimate of drug-likeness (QED) is 0.832. The van der Waals surface area contributed by atoms with Gasteiger partial charge in [-0.15, -0.1) is 0 Å². The van der Waals surface area contributed by atoms with Gasteiger partial charge >= 0.3 is 0 Å². The van der Waals surface area contributed by atoms with Gasteiger partial charge in [-0.2, -0.15) is 0 Å². The van der Waals surface area contributed by atoms with Gasteiger partial charge in [0.2, 0.25) is 0 Å². The van der Waals surface area contributed by atoms with Crippen LogP contribution in [0.15, 0.2) is 41.4 Å². The fourth-order valence-corrected chi connectivity index (χ4v) is 1.58. The van der Waals surface area contributed by atoms with Crippen LogP contribution in [0, 0.1) is 0 Å². The van der Waals surface area contributed by atoms with E-state index in [0.717, 1.165) is 23.9 Å². The summed E-state index contributed by atoms with van der Waals surface area (Å²) in [4.78, 5) is 0. The van der Waals surface area contributed by atoms with E-state index in [9.17, 15) is 0 Å². The highest BCUT2D eigenvalue weighted by molar-refractivity contribution is 9.11. The molecule has 0 aliphatic rings. The van der Waals surface area contributed by atoms with Crippen molar-refractivity contribution in [2.24, 2.45) is 0 Å². The monoisotopic (exact) mass is 267 g/mol. The van der Waals surface area contributed by atoms with E-state index >= 15 is 0 Å². The molecule has 82 valence electrons. The second-order valence-corrected chi connectivity index (χ2v) is 4.94. The summed E-state index contributed by atoms with van der Waals surface area (Å²) in [6.45, 7) is 6.85. The van der Waals surface area contributed by atoms with Crippen molar-refractivity contribution in [1.82, 2.24) is 5.32 Å². The molecule has 0 radical (unpaired) electrons. The summed E-state index contributed by atoms with van der Waals surface area (Å²) in [5.41, 5.74) is 1.41. The molecule has 1 unspecified atom stereocenters. The van der Waals surface area contributed by atoms with Crippen molar-refractivity contribution in [2.75, 3.05) is 6.54 Å². The predicted molar refractivity (Wildman–Crippen MR) is 70.3 cm³/mol. The van der Waals surface area contributed by atoms with Gasteiger partial charge in [0.1, 0.15) is 0 Å². The molecule has 1 rings (SSSR count). The molecular formula is C13H18BrN. The topological polar surface area (TPSA) is 12.0 Å². The van der Waals surface area contributed by atoms with E-state index < -0.39 is 0 Å². The third-order valence-electron chi connectivity index (χ3n) is 2.35. The molecule has 0 heterocycles. The predicted octanol–water partition coefficient (Wildman–Crippen LogP) is 3.51. The first-order valence-corrected chi connectivity index (χ1v) is 6.08. The normalized spacial score (nSPS) is 12.4. The highest BCUT2D eigenvalue weighted by Crippen LogP contribution is 2.05. The van der Waals surface area contributed by atoms with Crippen molar-refractivity contribution in [3.63, 3.8) is 0 Å². The van der Waals surface area contributed by atoms with Gasteiger partial charge in [-0.3, -0.25) is 0 Å². The van der Waals surface area contributed by atoms with Gasteiger partial charge in [0.15, 0.2) is 0 Å². The van der Waals surface area contributed by atoms with Crippen LogP contribution in [-0.2, 0) is 6.42 Å². The zero-order chi connectivity index (χ0) is 11.1. The van der Waals surface area contributed by atoms with Crippen LogP contribution < -0.4 is 5.32 Å². The average Bonchev–Trinajstić information content (AvgIpc) is 2.25. The van der Waals surface area contributed by atoms with Crippen LogP contribution in [0.3, 0.4) is 0 Å². The van der Waals surface area contributed by atoms with E-state index in [1.54, 1.807) is 0 Å². The zero-order valence-corrected chi connectivity index (χ0v) is 10.8. The molecule has 0 bridgehead atoms. The van der Waals surface area contributed by atoms with Crippen molar-refractivity contribution in [1.29, 1.82) is 0 Å². The molecule has 1 aromatic carbocycles. The molecule has 0 aliphatic carbocycles. The third-order valence-corrected chi connectivity index (χ3v) is 2.63. The van der Waals surface area contributed by atoms with Crippen LogP contribution in [0.4, 0.5) is 0 Å². The summed E-state index contributed by atoms with van der Waals surface area (Å²) in [7, 11) is 0. The van der Waals surface area contributed by atoms with Crippen molar-refractivity contribution >= 4 is 15.9 Å². The summed E-state index contributed by atoms with van der Waals surface area (Å²) < 4.78 is 1.01. The van der Waals surface area contributed by atoms with Gasteiger partial charge in [0.25, 0.3) is 0 Å². The lowest BCUT2D eigenvalue weighted by molar-refractivity contribution is 0.542. The molecule has 1 atom stereocenters. The number of benzene rings is 1. The first-order valence-electron chi connectivity index (χ1n) is 5.29. The number of nitrogens with one attached hydrogen (secondary N) is 1. The largest absolute Gasteiger partial charge is 0.310 e. The summed E-state index contributed by atoms with van der Waals surface area (Å²) >= 11 is 3.34. The number of hydrogen-bond donors (Lipinski definition) is 1. The minimum absolute atomic E-state index is 0.527. The maximum absolute atomic E-state index is 3.80. The summed E-state index contributed by atoms with van der Waals surface area (Å²) in [6.07, 6.45) is 2.29. The third kappa shape index (κ3) is 5.75. The number of aryl methyl sites for hydroxylation is 1. The highest BCUT2D eigenvalue weighted by atomic mass is 79.9. The maximum Gasteiger partial charge on any atom is 0.0268 e. The van der Waals surface area contributed by atoms with Crippen LogP contribution in [0.2, 0.25) is 0 Å². The first-order chi connectivity index (χ1) is 7.18. The molecule has 15 heavy (non-hydrogen) atoms. The Labute approximate surface area is 101 Å². The smallest absolute Gasteiger partial charge is 0.0268 e. The second-order valence-electron chi connectivity index (χ2n) is 3.82. The minimum Gasteiger partial charge on any atom is -0.310 e. The number of hydrogen-bond acceptors (Lipinski definition) is 1. The molecule has 0 saturated heterocycles. The fourth-order valence-electron chi connectivity index (χ4n) is 1.41. The molecule has 0 aliphatic heterocycles. The fraction of sp³-hybridized carbons (Fsp3) is 0.385. The van der Waals surface area contributed by atoms with E-state index in [0.29, 0.717) is 6.04 Å². The first kappa shape index (κ1) is 12.5. The average molecular weight is 268 g/mol. The molecule has 0 aromatic heterocycles. The lowest BCUT2D eigenvalue weighted by atomic mass is 10.1. The zero-order valence-electron chi connectivity index (χ0n) is 9.17. The maximum atomic E-state index is 3.80. The van der Waals surface area contributed by atoms with Gasteiger partial charge in [0, 0.05) is 17.1 Å². The lowest BCUT2D eigenvalue weighted by Gasteiger charge is -2.13. The number of rotatable bonds is 6. The van der Waals surface area contributed by atoms with E-state index in [-0.39, 0.29) is 0 Å². The van der Waals surface area contributed by atoms with Crippen molar-refractivity contribution < 1.29 is 0 Å². The van der Waals surface area contributed by atoms with Gasteiger partial charge in [-0.25, -0.2) is 0 Å². The molecule has 0 amide bonds. The number of halogens is 1. The van der Waals surface area contributed by atoms with Crippen LogP contribution in [0.5, 0.6) is 0 Å². The van der Waals surface area contributed by atoms with Gasteiger partial charge in [0.05, 0.1) is 0 Å². The van der Waals surface area contributed by atoms with Crippen LogP contribution in [0.25, 0.3) is 0 Å². The Morgan fingerprint density at radius 3 is 2.67 bits per heavy atom.